The van der Waals surface area contributed by atoms with E-state index in [1.54, 1.807) is 46.4 Å². The lowest BCUT2D eigenvalue weighted by Crippen LogP contribution is -2.60. The summed E-state index contributed by atoms with van der Waals surface area (Å²) in [6, 6.07) is 0. The van der Waals surface area contributed by atoms with Gasteiger partial charge in [-0.1, -0.05) is 0 Å². The number of rotatable bonds is 3. The van der Waals surface area contributed by atoms with Crippen LogP contribution in [0.3, 0.4) is 0 Å². The van der Waals surface area contributed by atoms with Gasteiger partial charge in [-0.25, -0.2) is 14.9 Å². The second-order valence-corrected chi connectivity index (χ2v) is 11.0. The van der Waals surface area contributed by atoms with Gasteiger partial charge in [-0.15, -0.1) is 0 Å². The van der Waals surface area contributed by atoms with Gasteiger partial charge in [0.1, 0.15) is 24.9 Å². The number of aryl methyl sites for hydroxylation is 2. The van der Waals surface area contributed by atoms with Gasteiger partial charge in [-0.3, -0.25) is 18.1 Å². The number of hydrogen-bond acceptors (Lipinski definition) is 11. The number of aromatic nitrogens is 4. The summed E-state index contributed by atoms with van der Waals surface area (Å²) in [5.74, 6) is -3.19. The molecule has 16 heteroatoms. The van der Waals surface area contributed by atoms with Crippen LogP contribution in [0.5, 0.6) is 0 Å². The van der Waals surface area contributed by atoms with Crippen LogP contribution in [0, 0.1) is 0 Å². The molecule has 3 fully saturated rings. The Balaban J connectivity index is 0.000000187. The summed E-state index contributed by atoms with van der Waals surface area (Å²) >= 11 is 0. The van der Waals surface area contributed by atoms with Crippen molar-refractivity contribution >= 4 is 21.5 Å². The summed E-state index contributed by atoms with van der Waals surface area (Å²) < 4.78 is 59.9. The van der Waals surface area contributed by atoms with Gasteiger partial charge in [-0.05, 0) is 27.7 Å². The highest BCUT2D eigenvalue weighted by atomic mass is 32.2. The molecule has 0 bridgehead atoms. The molecule has 4 atom stereocenters. The van der Waals surface area contributed by atoms with Gasteiger partial charge in [0.2, 0.25) is 5.79 Å². The molecule has 0 aliphatic carbocycles. The lowest BCUT2D eigenvalue weighted by molar-refractivity contribution is -0.290. The van der Waals surface area contributed by atoms with Crippen LogP contribution in [0.15, 0.2) is 15.9 Å². The summed E-state index contributed by atoms with van der Waals surface area (Å²) in [4.78, 5) is 27.2. The molecule has 5 rings (SSSR count). The average Bonchev–Trinajstić information content (AvgIpc) is 3.38. The van der Waals surface area contributed by atoms with Crippen molar-refractivity contribution in [2.24, 2.45) is 26.3 Å². The van der Waals surface area contributed by atoms with Gasteiger partial charge in [-0.2, -0.15) is 8.42 Å². The fourth-order valence-corrected chi connectivity index (χ4v) is 4.91. The first-order valence-corrected chi connectivity index (χ1v) is 12.5. The molecular formula is C20H31N5O10S. The van der Waals surface area contributed by atoms with E-state index in [4.69, 9.17) is 33.0 Å². The minimum absolute atomic E-state index is 0.165. The van der Waals surface area contributed by atoms with Crippen molar-refractivity contribution in [2.75, 3.05) is 13.2 Å². The monoisotopic (exact) mass is 533 g/mol. The molecule has 15 nitrogen and oxygen atoms in total. The molecule has 0 saturated carbocycles. The normalized spacial score (nSPS) is 30.5. The molecule has 36 heavy (non-hydrogen) atoms. The van der Waals surface area contributed by atoms with Gasteiger partial charge in [0.15, 0.2) is 22.7 Å². The van der Waals surface area contributed by atoms with Crippen molar-refractivity contribution in [3.63, 3.8) is 0 Å². The second kappa shape index (κ2) is 8.70. The summed E-state index contributed by atoms with van der Waals surface area (Å²) in [6.45, 7) is 6.71. The van der Waals surface area contributed by atoms with Gasteiger partial charge in [0.25, 0.3) is 5.56 Å². The molecule has 0 unspecified atom stereocenters. The zero-order chi connectivity index (χ0) is 26.8. The van der Waals surface area contributed by atoms with Crippen LogP contribution in [-0.4, -0.2) is 76.0 Å². The molecule has 2 aromatic rings. The van der Waals surface area contributed by atoms with E-state index in [2.05, 4.69) is 4.98 Å². The molecule has 0 spiro atoms. The number of nitrogens with two attached hydrogens (primary N) is 1. The third-order valence-corrected chi connectivity index (χ3v) is 6.46. The number of fused-ring (bicyclic) bond motifs is 4. The highest BCUT2D eigenvalue weighted by Gasteiger charge is 2.65. The van der Waals surface area contributed by atoms with Crippen LogP contribution >= 0.6 is 0 Å². The lowest BCUT2D eigenvalue weighted by atomic mass is 9.98. The maximum absolute atomic E-state index is 11.7. The maximum Gasteiger partial charge on any atom is 0.333 e. The van der Waals surface area contributed by atoms with Gasteiger partial charge in [0.05, 0.1) is 12.9 Å². The number of ether oxygens (including phenoxy) is 5. The molecule has 5 heterocycles. The van der Waals surface area contributed by atoms with Crippen molar-refractivity contribution < 1.29 is 36.3 Å². The first-order chi connectivity index (χ1) is 16.5. The Kier molecular flexibility index (Phi) is 6.49. The van der Waals surface area contributed by atoms with E-state index in [1.807, 2.05) is 0 Å². The molecule has 3 aliphatic heterocycles. The molecule has 3 saturated heterocycles. The molecule has 202 valence electrons. The Hall–Kier alpha value is -2.18. The van der Waals surface area contributed by atoms with Crippen LogP contribution < -0.4 is 16.4 Å². The Bertz CT molecular complexity index is 1390. The minimum atomic E-state index is -4.14. The molecule has 0 amide bonds. The van der Waals surface area contributed by atoms with E-state index in [9.17, 15) is 18.0 Å². The lowest BCUT2D eigenvalue weighted by Gasteiger charge is -2.40. The fraction of sp³-hybridized carbons (Fsp3) is 0.750. The largest absolute Gasteiger partial charge is 0.343 e. The third-order valence-electron chi connectivity index (χ3n) is 6.02. The number of hydrogen-bond donors (Lipinski definition) is 1. The third kappa shape index (κ3) is 4.87. The van der Waals surface area contributed by atoms with Crippen molar-refractivity contribution in [3.05, 3.63) is 27.2 Å². The van der Waals surface area contributed by atoms with E-state index in [-0.39, 0.29) is 24.0 Å². The summed E-state index contributed by atoms with van der Waals surface area (Å²) in [5.41, 5.74) is 0.180. The number of imidazole rings is 1. The first kappa shape index (κ1) is 26.9. The summed E-state index contributed by atoms with van der Waals surface area (Å²) in [7, 11) is 0.636. The maximum atomic E-state index is 11.7. The van der Waals surface area contributed by atoms with Gasteiger partial charge in [0, 0.05) is 21.1 Å². The van der Waals surface area contributed by atoms with Crippen LogP contribution in [0.25, 0.3) is 11.2 Å². The molecule has 0 radical (unpaired) electrons. The standard InChI is InChI=1S/C12H21NO8S.C8H10N4O2/c1-10(2)18-7-5-16-12(6-17-22(13,14)15)9(8(7)19-10)20-11(3,4)21-12;1-10-4-9-6-5(10)7(13)12(3)8(14)11(6)2/h7-9H,5-6H2,1-4H3,(H2,13,14,15);4H,1-3H3/t7-,8-,9+,12+;/m1./s1. The zero-order valence-electron chi connectivity index (χ0n) is 21.1. The highest BCUT2D eigenvalue weighted by Crippen LogP contribution is 2.47. The number of nitrogens with zero attached hydrogens (tertiary/aromatic N) is 4. The van der Waals surface area contributed by atoms with E-state index in [0.29, 0.717) is 11.2 Å². The van der Waals surface area contributed by atoms with E-state index in [0.717, 1.165) is 4.57 Å². The van der Waals surface area contributed by atoms with Crippen molar-refractivity contribution in [3.8, 4) is 0 Å². The minimum Gasteiger partial charge on any atom is -0.343 e. The van der Waals surface area contributed by atoms with Crippen LogP contribution in [0.4, 0.5) is 0 Å². The molecule has 2 N–H and O–H groups in total. The van der Waals surface area contributed by atoms with Gasteiger partial charge < -0.3 is 28.3 Å². The smallest absolute Gasteiger partial charge is 0.333 e. The second-order valence-electron chi connectivity index (χ2n) is 9.79. The summed E-state index contributed by atoms with van der Waals surface area (Å²) in [6.07, 6.45) is 0.0189. The topological polar surface area (TPSA) is 177 Å². The molecule has 2 aromatic heterocycles. The quantitative estimate of drug-likeness (QED) is 0.489. The first-order valence-electron chi connectivity index (χ1n) is 11.1. The average molecular weight is 534 g/mol. The van der Waals surface area contributed by atoms with Crippen molar-refractivity contribution in [2.45, 2.75) is 63.4 Å². The van der Waals surface area contributed by atoms with E-state index in [1.165, 1.54) is 17.9 Å². The van der Waals surface area contributed by atoms with Crippen LogP contribution in [0.1, 0.15) is 27.7 Å². The SMILES string of the molecule is CC1(C)O[C@@H]2[C@@H](CO[C@@]3(COS(N)(=O)=O)OC(C)(C)O[C@@H]23)O1.Cn1c(=O)c2c(ncn2C)n(C)c1=O. The van der Waals surface area contributed by atoms with Crippen LogP contribution in [0.2, 0.25) is 0 Å². The van der Waals surface area contributed by atoms with Crippen LogP contribution in [-0.2, 0) is 59.3 Å². The molecule has 0 aromatic carbocycles. The Morgan fingerprint density at radius 2 is 1.75 bits per heavy atom. The van der Waals surface area contributed by atoms with Crippen molar-refractivity contribution in [1.82, 2.24) is 18.7 Å². The highest BCUT2D eigenvalue weighted by molar-refractivity contribution is 7.84. The fourth-order valence-electron chi connectivity index (χ4n) is 4.58. The van der Waals surface area contributed by atoms with E-state index < -0.39 is 46.5 Å². The molecular weight excluding hydrogens is 502 g/mol. The predicted octanol–water partition coefficient (Wildman–Crippen LogP) is -1.42. The van der Waals surface area contributed by atoms with Gasteiger partial charge >= 0.3 is 16.0 Å². The summed E-state index contributed by atoms with van der Waals surface area (Å²) in [5, 5.41) is 4.89. The predicted molar refractivity (Wildman–Crippen MR) is 123 cm³/mol. The van der Waals surface area contributed by atoms with E-state index >= 15 is 0 Å². The Labute approximate surface area is 206 Å². The zero-order valence-corrected chi connectivity index (χ0v) is 21.9. The molecule has 3 aliphatic rings. The Morgan fingerprint density at radius 1 is 1.08 bits per heavy atom. The Morgan fingerprint density at radius 3 is 2.39 bits per heavy atom. The van der Waals surface area contributed by atoms with Crippen molar-refractivity contribution in [1.29, 1.82) is 0 Å².